The van der Waals surface area contributed by atoms with Crippen molar-refractivity contribution in [2.75, 3.05) is 6.54 Å². The Kier molecular flexibility index (Phi) is 4.53. The molecule has 0 N–H and O–H groups in total. The lowest BCUT2D eigenvalue weighted by atomic mass is 10.1. The van der Waals surface area contributed by atoms with Gasteiger partial charge < -0.3 is 9.42 Å². The third kappa shape index (κ3) is 3.83. The van der Waals surface area contributed by atoms with Gasteiger partial charge in [-0.3, -0.25) is 4.79 Å². The number of nitrogens with zero attached hydrogens (tertiary/aromatic N) is 3. The molecule has 1 aromatic carbocycles. The number of rotatable bonds is 4. The summed E-state index contributed by atoms with van der Waals surface area (Å²) in [6.07, 6.45) is -4.18. The quantitative estimate of drug-likeness (QED) is 0.840. The minimum absolute atomic E-state index is 0.121. The molecule has 8 heteroatoms. The van der Waals surface area contributed by atoms with E-state index in [9.17, 15) is 18.0 Å². The second kappa shape index (κ2) is 6.50. The first kappa shape index (κ1) is 17.4. The zero-order valence-corrected chi connectivity index (χ0v) is 13.9. The number of hydrogen-bond donors (Lipinski definition) is 0. The SMILES string of the molecule is CC(C)c1noc(C2CC(=O)N(Cc3cccc(C(F)(F)F)c3)C2)n1. The van der Waals surface area contributed by atoms with Crippen molar-refractivity contribution >= 4 is 5.91 Å². The van der Waals surface area contributed by atoms with Gasteiger partial charge in [0.15, 0.2) is 5.82 Å². The minimum Gasteiger partial charge on any atom is -0.339 e. The first-order valence-corrected chi connectivity index (χ1v) is 8.01. The first-order chi connectivity index (χ1) is 11.7. The van der Waals surface area contributed by atoms with Gasteiger partial charge in [0.05, 0.1) is 11.5 Å². The van der Waals surface area contributed by atoms with Crippen LogP contribution in [0.4, 0.5) is 13.2 Å². The van der Waals surface area contributed by atoms with Gasteiger partial charge in [-0.25, -0.2) is 0 Å². The van der Waals surface area contributed by atoms with E-state index in [1.807, 2.05) is 13.8 Å². The first-order valence-electron chi connectivity index (χ1n) is 8.01. The van der Waals surface area contributed by atoms with Crippen molar-refractivity contribution in [3.63, 3.8) is 0 Å². The molecule has 1 saturated heterocycles. The molecule has 3 rings (SSSR count). The highest BCUT2D eigenvalue weighted by molar-refractivity contribution is 5.79. The minimum atomic E-state index is -4.40. The largest absolute Gasteiger partial charge is 0.416 e. The second-order valence-corrected chi connectivity index (χ2v) is 6.52. The Hall–Kier alpha value is -2.38. The molecule has 1 unspecified atom stereocenters. The number of carbonyl (C=O) groups is 1. The summed E-state index contributed by atoms with van der Waals surface area (Å²) < 4.78 is 43.6. The summed E-state index contributed by atoms with van der Waals surface area (Å²) in [5.74, 6) is 0.753. The summed E-state index contributed by atoms with van der Waals surface area (Å²) >= 11 is 0. The van der Waals surface area contributed by atoms with Crippen molar-refractivity contribution in [1.82, 2.24) is 15.0 Å². The molecule has 0 saturated carbocycles. The number of carbonyl (C=O) groups excluding carboxylic acids is 1. The second-order valence-electron chi connectivity index (χ2n) is 6.52. The Morgan fingerprint density at radius 1 is 1.36 bits per heavy atom. The number of amides is 1. The van der Waals surface area contributed by atoms with E-state index < -0.39 is 11.7 Å². The molecule has 134 valence electrons. The standard InChI is InChI=1S/C17H18F3N3O2/c1-10(2)15-21-16(25-22-15)12-7-14(24)23(9-12)8-11-4-3-5-13(6-11)17(18,19)20/h3-6,10,12H,7-9H2,1-2H3. The Morgan fingerprint density at radius 3 is 2.76 bits per heavy atom. The van der Waals surface area contributed by atoms with Crippen LogP contribution in [0.5, 0.6) is 0 Å². The Morgan fingerprint density at radius 2 is 2.12 bits per heavy atom. The molecule has 0 spiro atoms. The third-order valence-electron chi connectivity index (χ3n) is 4.17. The van der Waals surface area contributed by atoms with Crippen LogP contribution >= 0.6 is 0 Å². The fourth-order valence-electron chi connectivity index (χ4n) is 2.80. The summed E-state index contributed by atoms with van der Waals surface area (Å²) in [6, 6.07) is 5.02. The van der Waals surface area contributed by atoms with E-state index in [1.54, 1.807) is 6.07 Å². The molecule has 1 atom stereocenters. The van der Waals surface area contributed by atoms with Crippen molar-refractivity contribution in [3.8, 4) is 0 Å². The van der Waals surface area contributed by atoms with Crippen LogP contribution in [0, 0.1) is 0 Å². The summed E-state index contributed by atoms with van der Waals surface area (Å²) in [6.45, 7) is 4.36. The summed E-state index contributed by atoms with van der Waals surface area (Å²) in [7, 11) is 0. The molecule has 0 aliphatic carbocycles. The maximum atomic E-state index is 12.8. The molecule has 1 fully saturated rings. The van der Waals surface area contributed by atoms with Crippen LogP contribution in [0.15, 0.2) is 28.8 Å². The van der Waals surface area contributed by atoms with Crippen LogP contribution in [0.1, 0.15) is 54.9 Å². The maximum absolute atomic E-state index is 12.8. The zero-order valence-electron chi connectivity index (χ0n) is 13.9. The Balaban J connectivity index is 1.71. The van der Waals surface area contributed by atoms with Crippen molar-refractivity contribution in [3.05, 3.63) is 47.1 Å². The monoisotopic (exact) mass is 353 g/mol. The van der Waals surface area contributed by atoms with E-state index in [0.717, 1.165) is 12.1 Å². The summed E-state index contributed by atoms with van der Waals surface area (Å²) in [4.78, 5) is 18.0. The van der Waals surface area contributed by atoms with Crippen LogP contribution in [0.2, 0.25) is 0 Å². The molecule has 2 aromatic rings. The van der Waals surface area contributed by atoms with Gasteiger partial charge in [0.2, 0.25) is 11.8 Å². The molecule has 1 aromatic heterocycles. The highest BCUT2D eigenvalue weighted by atomic mass is 19.4. The number of aromatic nitrogens is 2. The van der Waals surface area contributed by atoms with Crippen LogP contribution in [0.25, 0.3) is 0 Å². The maximum Gasteiger partial charge on any atom is 0.416 e. The van der Waals surface area contributed by atoms with E-state index in [-0.39, 0.29) is 30.7 Å². The van der Waals surface area contributed by atoms with Gasteiger partial charge in [0.25, 0.3) is 0 Å². The predicted octanol–water partition coefficient (Wildman–Crippen LogP) is 3.73. The number of hydrogen-bond acceptors (Lipinski definition) is 4. The van der Waals surface area contributed by atoms with E-state index in [1.165, 1.54) is 11.0 Å². The molecule has 25 heavy (non-hydrogen) atoms. The van der Waals surface area contributed by atoms with Gasteiger partial charge in [0, 0.05) is 25.4 Å². The van der Waals surface area contributed by atoms with E-state index in [2.05, 4.69) is 10.1 Å². The Bertz CT molecular complexity index is 770. The lowest BCUT2D eigenvalue weighted by Gasteiger charge is -2.17. The van der Waals surface area contributed by atoms with Gasteiger partial charge in [-0.1, -0.05) is 31.1 Å². The highest BCUT2D eigenvalue weighted by Crippen LogP contribution is 2.32. The van der Waals surface area contributed by atoms with Gasteiger partial charge in [-0.15, -0.1) is 0 Å². The van der Waals surface area contributed by atoms with E-state index >= 15 is 0 Å². The number of alkyl halides is 3. The fourth-order valence-corrected chi connectivity index (χ4v) is 2.80. The Labute approximate surface area is 142 Å². The molecule has 1 amide bonds. The van der Waals surface area contributed by atoms with Gasteiger partial charge in [-0.05, 0) is 17.7 Å². The smallest absolute Gasteiger partial charge is 0.339 e. The number of likely N-dealkylation sites (tertiary alicyclic amines) is 1. The average molecular weight is 353 g/mol. The van der Waals surface area contributed by atoms with Crippen LogP contribution in [-0.2, 0) is 17.5 Å². The van der Waals surface area contributed by atoms with Gasteiger partial charge in [0.1, 0.15) is 0 Å². The number of halogens is 3. The zero-order chi connectivity index (χ0) is 18.2. The van der Waals surface area contributed by atoms with Gasteiger partial charge in [-0.2, -0.15) is 18.2 Å². The molecule has 1 aliphatic rings. The van der Waals surface area contributed by atoms with E-state index in [0.29, 0.717) is 23.8 Å². The van der Waals surface area contributed by atoms with Crippen LogP contribution < -0.4 is 0 Å². The van der Waals surface area contributed by atoms with Crippen molar-refractivity contribution in [2.24, 2.45) is 0 Å². The van der Waals surface area contributed by atoms with Gasteiger partial charge >= 0.3 is 6.18 Å². The summed E-state index contributed by atoms with van der Waals surface area (Å²) in [5.41, 5.74) is -0.274. The van der Waals surface area contributed by atoms with Crippen LogP contribution in [-0.4, -0.2) is 27.5 Å². The molecule has 0 radical (unpaired) electrons. The molecule has 1 aliphatic heterocycles. The molecular formula is C17H18F3N3O2. The van der Waals surface area contributed by atoms with Crippen LogP contribution in [0.3, 0.4) is 0 Å². The normalized spacial score (nSPS) is 18.4. The average Bonchev–Trinajstić information content (AvgIpc) is 3.14. The molecule has 0 bridgehead atoms. The number of benzene rings is 1. The predicted molar refractivity (Wildman–Crippen MR) is 82.6 cm³/mol. The van der Waals surface area contributed by atoms with Crippen molar-refractivity contribution in [2.45, 2.75) is 44.8 Å². The third-order valence-corrected chi connectivity index (χ3v) is 4.17. The molecule has 2 heterocycles. The topological polar surface area (TPSA) is 59.2 Å². The fraction of sp³-hybridized carbons (Fsp3) is 0.471. The molecular weight excluding hydrogens is 335 g/mol. The molecule has 5 nitrogen and oxygen atoms in total. The summed E-state index contributed by atoms with van der Waals surface area (Å²) in [5, 5.41) is 3.89. The van der Waals surface area contributed by atoms with Crippen molar-refractivity contribution < 1.29 is 22.5 Å². The highest BCUT2D eigenvalue weighted by Gasteiger charge is 2.35. The van der Waals surface area contributed by atoms with Crippen molar-refractivity contribution in [1.29, 1.82) is 0 Å². The lowest BCUT2D eigenvalue weighted by Crippen LogP contribution is -2.24. The lowest BCUT2D eigenvalue weighted by molar-refractivity contribution is -0.137. The van der Waals surface area contributed by atoms with E-state index in [4.69, 9.17) is 4.52 Å².